The summed E-state index contributed by atoms with van der Waals surface area (Å²) in [6.45, 7) is 0. The van der Waals surface area contributed by atoms with Gasteiger partial charge >= 0.3 is 6.03 Å². The van der Waals surface area contributed by atoms with Crippen LogP contribution in [0.15, 0.2) is 59.0 Å². The van der Waals surface area contributed by atoms with Crippen molar-refractivity contribution in [3.63, 3.8) is 0 Å². The summed E-state index contributed by atoms with van der Waals surface area (Å²) < 4.78 is 24.0. The molecular formula is C24H20ClN3O6S. The van der Waals surface area contributed by atoms with Crippen molar-refractivity contribution in [2.24, 2.45) is 0 Å². The van der Waals surface area contributed by atoms with E-state index in [4.69, 9.17) is 30.2 Å². The monoisotopic (exact) mass is 513 g/mol. The summed E-state index contributed by atoms with van der Waals surface area (Å²) in [5, 5.41) is 2.82. The van der Waals surface area contributed by atoms with Gasteiger partial charge in [0.1, 0.15) is 5.52 Å². The predicted octanol–water partition coefficient (Wildman–Crippen LogP) is 5.78. The number of oxazole rings is 1. The number of anilines is 1. The average molecular weight is 514 g/mol. The number of aromatic nitrogens is 1. The number of hydrogen-bond donors (Lipinski definition) is 2. The molecule has 9 nitrogen and oxygen atoms in total. The largest absolute Gasteiger partial charge is 0.493 e. The zero-order chi connectivity index (χ0) is 24.9. The lowest BCUT2D eigenvalue weighted by Gasteiger charge is -2.13. The number of fused-ring (bicyclic) bond motifs is 1. The molecule has 0 saturated heterocycles. The molecule has 4 aromatic rings. The van der Waals surface area contributed by atoms with Gasteiger partial charge in [-0.25, -0.2) is 9.78 Å². The van der Waals surface area contributed by atoms with Crippen LogP contribution in [-0.4, -0.2) is 37.5 Å². The van der Waals surface area contributed by atoms with E-state index in [-0.39, 0.29) is 5.56 Å². The number of amides is 2. The normalized spacial score (nSPS) is 10.6. The van der Waals surface area contributed by atoms with Crippen LogP contribution in [0, 0.1) is 0 Å². The highest BCUT2D eigenvalue weighted by atomic mass is 35.5. The van der Waals surface area contributed by atoms with Gasteiger partial charge in [0.2, 0.25) is 16.8 Å². The molecule has 0 atom stereocenters. The van der Waals surface area contributed by atoms with Crippen LogP contribution in [0.5, 0.6) is 17.2 Å². The lowest BCUT2D eigenvalue weighted by Crippen LogP contribution is -2.24. The van der Waals surface area contributed by atoms with Crippen LogP contribution in [0.3, 0.4) is 0 Å². The summed E-state index contributed by atoms with van der Waals surface area (Å²) in [7, 11) is 4.38. The first-order valence-corrected chi connectivity index (χ1v) is 11.4. The maximum Gasteiger partial charge on any atom is 0.329 e. The van der Waals surface area contributed by atoms with E-state index in [2.05, 4.69) is 15.0 Å². The van der Waals surface area contributed by atoms with Crippen molar-refractivity contribution in [1.82, 2.24) is 9.71 Å². The van der Waals surface area contributed by atoms with Gasteiger partial charge < -0.3 is 23.9 Å². The van der Waals surface area contributed by atoms with Crippen molar-refractivity contribution >= 4 is 51.5 Å². The number of hydrogen-bond acceptors (Lipinski definition) is 8. The van der Waals surface area contributed by atoms with Crippen LogP contribution in [0.25, 0.3) is 22.6 Å². The lowest BCUT2D eigenvalue weighted by molar-refractivity contribution is 0.108. The quantitative estimate of drug-likeness (QED) is 0.312. The molecule has 1 heterocycles. The van der Waals surface area contributed by atoms with Crippen molar-refractivity contribution in [2.45, 2.75) is 0 Å². The summed E-state index contributed by atoms with van der Waals surface area (Å²) in [6, 6.07) is 14.6. The molecule has 2 N–H and O–H groups in total. The van der Waals surface area contributed by atoms with E-state index in [0.717, 1.165) is 0 Å². The average Bonchev–Trinajstić information content (AvgIpc) is 3.29. The van der Waals surface area contributed by atoms with Crippen LogP contribution in [0.2, 0.25) is 5.02 Å². The number of methoxy groups -OCH3 is 3. The molecule has 3 aromatic carbocycles. The molecule has 4 rings (SSSR count). The van der Waals surface area contributed by atoms with Gasteiger partial charge in [0.05, 0.1) is 21.3 Å². The summed E-state index contributed by atoms with van der Waals surface area (Å²) >= 11 is 6.63. The van der Waals surface area contributed by atoms with Gasteiger partial charge in [0.25, 0.3) is 0 Å². The van der Waals surface area contributed by atoms with E-state index < -0.39 is 11.1 Å². The van der Waals surface area contributed by atoms with Gasteiger partial charge in [-0.05, 0) is 48.5 Å². The van der Waals surface area contributed by atoms with Gasteiger partial charge in [-0.2, -0.15) is 0 Å². The van der Waals surface area contributed by atoms with E-state index >= 15 is 0 Å². The van der Waals surface area contributed by atoms with Crippen LogP contribution < -0.4 is 24.2 Å². The molecule has 0 aliphatic rings. The molecule has 0 fully saturated rings. The molecule has 35 heavy (non-hydrogen) atoms. The zero-order valence-electron chi connectivity index (χ0n) is 18.9. The molecule has 0 aliphatic carbocycles. The van der Waals surface area contributed by atoms with Crippen molar-refractivity contribution in [2.75, 3.05) is 26.6 Å². The lowest BCUT2D eigenvalue weighted by atomic mass is 10.2. The predicted molar refractivity (Wildman–Crippen MR) is 135 cm³/mol. The van der Waals surface area contributed by atoms with E-state index in [0.29, 0.717) is 62.5 Å². The first kappa shape index (κ1) is 24.2. The first-order valence-electron chi connectivity index (χ1n) is 10.2. The Morgan fingerprint density at radius 2 is 1.71 bits per heavy atom. The number of carbonyl (C=O) groups is 2. The standard InChI is InChI=1S/C24H20ClN3O6S/c1-31-19-10-14(11-20(32-2)21(19)33-3)23(29)35-28-24(30)26-16-6-4-5-13(9-16)22-27-17-12-15(25)7-8-18(17)34-22/h4-12H,1-3H3,(H2,26,28,30). The fourth-order valence-corrected chi connectivity index (χ4v) is 3.90. The van der Waals surface area contributed by atoms with E-state index in [9.17, 15) is 9.59 Å². The Morgan fingerprint density at radius 3 is 2.40 bits per heavy atom. The van der Waals surface area contributed by atoms with Crippen molar-refractivity contribution in [3.05, 3.63) is 65.2 Å². The summed E-state index contributed by atoms with van der Waals surface area (Å²) in [5.74, 6) is 1.42. The number of rotatable bonds is 6. The number of ether oxygens (including phenoxy) is 3. The van der Waals surface area contributed by atoms with E-state index in [1.54, 1.807) is 42.5 Å². The number of halogens is 1. The Balaban J connectivity index is 1.42. The zero-order valence-corrected chi connectivity index (χ0v) is 20.5. The maximum absolute atomic E-state index is 12.6. The Morgan fingerprint density at radius 1 is 0.971 bits per heavy atom. The molecule has 0 aliphatic heterocycles. The molecule has 0 saturated carbocycles. The van der Waals surface area contributed by atoms with E-state index in [1.807, 2.05) is 0 Å². The third-order valence-corrected chi connectivity index (χ3v) is 5.80. The molecule has 2 amide bonds. The van der Waals surface area contributed by atoms with Crippen LogP contribution in [0.4, 0.5) is 10.5 Å². The van der Waals surface area contributed by atoms with Crippen molar-refractivity contribution < 1.29 is 28.2 Å². The third kappa shape index (κ3) is 5.44. The summed E-state index contributed by atoms with van der Waals surface area (Å²) in [5.41, 5.74) is 2.65. The van der Waals surface area contributed by atoms with Crippen LogP contribution >= 0.6 is 23.5 Å². The minimum Gasteiger partial charge on any atom is -0.493 e. The molecule has 11 heteroatoms. The van der Waals surface area contributed by atoms with Gasteiger partial charge in [0, 0.05) is 33.8 Å². The second kappa shape index (κ2) is 10.6. The molecule has 1 aromatic heterocycles. The van der Waals surface area contributed by atoms with E-state index in [1.165, 1.54) is 33.5 Å². The highest BCUT2D eigenvalue weighted by Crippen LogP contribution is 2.38. The molecule has 0 radical (unpaired) electrons. The minimum atomic E-state index is -0.586. The maximum atomic E-state index is 12.6. The van der Waals surface area contributed by atoms with Crippen LogP contribution in [-0.2, 0) is 0 Å². The Labute approximate surface area is 209 Å². The third-order valence-electron chi connectivity index (χ3n) is 4.85. The number of benzene rings is 3. The molecule has 0 bridgehead atoms. The van der Waals surface area contributed by atoms with Crippen molar-refractivity contribution in [3.8, 4) is 28.7 Å². The molecule has 0 spiro atoms. The Hall–Kier alpha value is -3.89. The fraction of sp³-hybridized carbons (Fsp3) is 0.125. The van der Waals surface area contributed by atoms with Gasteiger partial charge in [-0.15, -0.1) is 0 Å². The van der Waals surface area contributed by atoms with Gasteiger partial charge in [-0.1, -0.05) is 17.7 Å². The highest BCUT2D eigenvalue weighted by Gasteiger charge is 2.18. The Bertz CT molecular complexity index is 1380. The van der Waals surface area contributed by atoms with Crippen molar-refractivity contribution in [1.29, 1.82) is 0 Å². The number of nitrogens with one attached hydrogen (secondary N) is 2. The number of carbonyl (C=O) groups excluding carboxylic acids is 2. The van der Waals surface area contributed by atoms with Gasteiger partial charge in [-0.3, -0.25) is 9.52 Å². The highest BCUT2D eigenvalue weighted by molar-refractivity contribution is 8.12. The van der Waals surface area contributed by atoms with Gasteiger partial charge in [0.15, 0.2) is 17.1 Å². The SMILES string of the molecule is COc1cc(C(=O)SNC(=O)Nc2cccc(-c3nc4cc(Cl)ccc4o3)c2)cc(OC)c1OC. The number of nitrogens with zero attached hydrogens (tertiary/aromatic N) is 1. The molecule has 180 valence electrons. The van der Waals surface area contributed by atoms with Crippen LogP contribution in [0.1, 0.15) is 10.4 Å². The summed E-state index contributed by atoms with van der Waals surface area (Å²) in [6.07, 6.45) is 0. The fourth-order valence-electron chi connectivity index (χ4n) is 3.26. The molecular weight excluding hydrogens is 494 g/mol. The minimum absolute atomic E-state index is 0.267. The smallest absolute Gasteiger partial charge is 0.329 e. The topological polar surface area (TPSA) is 112 Å². The summed E-state index contributed by atoms with van der Waals surface area (Å²) in [4.78, 5) is 29.5. The Kier molecular flexibility index (Phi) is 7.33. The second-order valence-corrected chi connectivity index (χ2v) is 8.29. The molecule has 0 unspecified atom stereocenters. The first-order chi connectivity index (χ1) is 16.9. The number of urea groups is 1. The second-order valence-electron chi connectivity index (χ2n) is 7.07.